The molecule has 2 N–H and O–H groups in total. The predicted octanol–water partition coefficient (Wildman–Crippen LogP) is 3.63. The Hall–Kier alpha value is -3.82. The number of aliphatic carboxylic acids is 1. The van der Waals surface area contributed by atoms with Crippen molar-refractivity contribution in [1.29, 1.82) is 0 Å². The summed E-state index contributed by atoms with van der Waals surface area (Å²) in [6, 6.07) is 15.9. The second-order valence-corrected chi connectivity index (χ2v) is 6.71. The standard InChI is InChI=1S/C19H18N4O.C2HF3O2/c1-22-15-9-4-3-8-14(15)18-16(22)11-17(23(18)2)19(24)21-12-13-7-5-6-10-20-13;3-2(4,5)1(6)7/h3-11H,12H2,1-2H3,(H,21,24);(H,6,7). The molecule has 1 aromatic carbocycles. The van der Waals surface area contributed by atoms with Gasteiger partial charge >= 0.3 is 12.1 Å². The molecule has 0 spiro atoms. The number of aryl methyl sites for hydroxylation is 2. The fraction of sp³-hybridized carbons (Fsp3) is 0.190. The van der Waals surface area contributed by atoms with E-state index < -0.39 is 12.1 Å². The second kappa shape index (κ2) is 8.50. The van der Waals surface area contributed by atoms with Crippen LogP contribution in [0, 0.1) is 0 Å². The van der Waals surface area contributed by atoms with Gasteiger partial charge in [-0.2, -0.15) is 13.2 Å². The van der Waals surface area contributed by atoms with Gasteiger partial charge in [-0.1, -0.05) is 24.3 Å². The molecule has 7 nitrogen and oxygen atoms in total. The normalized spacial score (nSPS) is 11.3. The molecule has 1 amide bonds. The minimum Gasteiger partial charge on any atom is -0.475 e. The number of nitrogens with one attached hydrogen (secondary N) is 1. The highest BCUT2D eigenvalue weighted by Crippen LogP contribution is 2.30. The Kier molecular flexibility index (Phi) is 6.00. The highest BCUT2D eigenvalue weighted by Gasteiger charge is 2.38. The fourth-order valence-corrected chi connectivity index (χ4v) is 3.24. The Balaban J connectivity index is 0.000000339. The Labute approximate surface area is 174 Å². The minimum atomic E-state index is -5.08. The number of carbonyl (C=O) groups excluding carboxylic acids is 1. The van der Waals surface area contributed by atoms with E-state index in [9.17, 15) is 18.0 Å². The van der Waals surface area contributed by atoms with Crippen molar-refractivity contribution in [2.45, 2.75) is 12.7 Å². The second-order valence-electron chi connectivity index (χ2n) is 6.71. The summed E-state index contributed by atoms with van der Waals surface area (Å²) in [4.78, 5) is 25.7. The molecule has 3 aromatic heterocycles. The first-order valence-electron chi connectivity index (χ1n) is 9.12. The molecule has 0 aliphatic rings. The van der Waals surface area contributed by atoms with Gasteiger partial charge in [0.1, 0.15) is 5.69 Å². The summed E-state index contributed by atoms with van der Waals surface area (Å²) in [5.41, 5.74) is 4.80. The van der Waals surface area contributed by atoms with Crippen molar-refractivity contribution in [3.05, 3.63) is 66.1 Å². The maximum Gasteiger partial charge on any atom is 0.490 e. The Bertz CT molecular complexity index is 1240. The van der Waals surface area contributed by atoms with Gasteiger partial charge in [-0.15, -0.1) is 0 Å². The number of carboxylic acid groups (broad SMARTS) is 1. The highest BCUT2D eigenvalue weighted by atomic mass is 19.4. The van der Waals surface area contributed by atoms with Crippen LogP contribution in [0.2, 0.25) is 0 Å². The van der Waals surface area contributed by atoms with Crippen LogP contribution < -0.4 is 5.32 Å². The van der Waals surface area contributed by atoms with E-state index in [1.54, 1.807) is 6.20 Å². The van der Waals surface area contributed by atoms with Crippen molar-refractivity contribution in [1.82, 2.24) is 19.4 Å². The van der Waals surface area contributed by atoms with Crippen LogP contribution in [-0.2, 0) is 25.4 Å². The first kappa shape index (κ1) is 21.9. The third kappa shape index (κ3) is 4.52. The molecule has 4 aromatic rings. The smallest absolute Gasteiger partial charge is 0.475 e. The summed E-state index contributed by atoms with van der Waals surface area (Å²) >= 11 is 0. The average molecular weight is 432 g/mol. The van der Waals surface area contributed by atoms with E-state index in [4.69, 9.17) is 9.90 Å². The molecule has 0 unspecified atom stereocenters. The van der Waals surface area contributed by atoms with Crippen molar-refractivity contribution in [2.24, 2.45) is 14.1 Å². The van der Waals surface area contributed by atoms with Crippen molar-refractivity contribution >= 4 is 33.8 Å². The van der Waals surface area contributed by atoms with Crippen molar-refractivity contribution in [2.75, 3.05) is 0 Å². The summed E-state index contributed by atoms with van der Waals surface area (Å²) < 4.78 is 35.8. The Morgan fingerprint density at radius 1 is 1.03 bits per heavy atom. The topological polar surface area (TPSA) is 89.2 Å². The number of fused-ring (bicyclic) bond motifs is 3. The van der Waals surface area contributed by atoms with Crippen LogP contribution >= 0.6 is 0 Å². The SMILES string of the molecule is Cn1c(C(=O)NCc2ccccn2)cc2c1c1ccccc1n2C.O=C(O)C(F)(F)F. The van der Waals surface area contributed by atoms with Crippen LogP contribution in [-0.4, -0.2) is 37.3 Å². The van der Waals surface area contributed by atoms with Crippen LogP contribution in [0.25, 0.3) is 21.9 Å². The lowest BCUT2D eigenvalue weighted by Gasteiger charge is -2.06. The van der Waals surface area contributed by atoms with E-state index in [0.717, 1.165) is 22.1 Å². The van der Waals surface area contributed by atoms with Crippen LogP contribution in [0.5, 0.6) is 0 Å². The first-order valence-corrected chi connectivity index (χ1v) is 9.12. The zero-order valence-electron chi connectivity index (χ0n) is 16.6. The highest BCUT2D eigenvalue weighted by molar-refractivity contribution is 6.10. The molecule has 31 heavy (non-hydrogen) atoms. The van der Waals surface area contributed by atoms with Crippen molar-refractivity contribution in [3.8, 4) is 0 Å². The van der Waals surface area contributed by atoms with E-state index in [2.05, 4.69) is 27.0 Å². The molecule has 0 saturated heterocycles. The van der Waals surface area contributed by atoms with E-state index in [1.165, 1.54) is 5.52 Å². The average Bonchev–Trinajstić information content (AvgIpc) is 3.22. The van der Waals surface area contributed by atoms with Crippen LogP contribution in [0.3, 0.4) is 0 Å². The quantitative estimate of drug-likeness (QED) is 0.518. The van der Waals surface area contributed by atoms with Gasteiger partial charge in [0.05, 0.1) is 28.8 Å². The molecule has 4 rings (SSSR count). The monoisotopic (exact) mass is 432 g/mol. The number of hydrogen-bond acceptors (Lipinski definition) is 3. The van der Waals surface area contributed by atoms with Crippen LogP contribution in [0.1, 0.15) is 16.2 Å². The summed E-state index contributed by atoms with van der Waals surface area (Å²) in [6.07, 6.45) is -3.36. The molecule has 0 bridgehead atoms. The third-order valence-electron chi connectivity index (χ3n) is 4.73. The number of benzene rings is 1. The largest absolute Gasteiger partial charge is 0.490 e. The van der Waals surface area contributed by atoms with Crippen molar-refractivity contribution < 1.29 is 27.9 Å². The number of carbonyl (C=O) groups is 2. The molecule has 0 aliphatic heterocycles. The lowest BCUT2D eigenvalue weighted by molar-refractivity contribution is -0.192. The van der Waals surface area contributed by atoms with Gasteiger partial charge in [0, 0.05) is 25.7 Å². The minimum absolute atomic E-state index is 0.0940. The van der Waals surface area contributed by atoms with Gasteiger partial charge in [-0.3, -0.25) is 9.78 Å². The zero-order valence-corrected chi connectivity index (χ0v) is 16.6. The molecule has 0 aliphatic carbocycles. The first-order chi connectivity index (χ1) is 14.6. The van der Waals surface area contributed by atoms with Crippen molar-refractivity contribution in [3.63, 3.8) is 0 Å². The van der Waals surface area contributed by atoms with Gasteiger partial charge in [0.15, 0.2) is 0 Å². The van der Waals surface area contributed by atoms with E-state index in [0.29, 0.717) is 12.2 Å². The number of aromatic nitrogens is 3. The number of amides is 1. The molecule has 0 atom stereocenters. The fourth-order valence-electron chi connectivity index (χ4n) is 3.24. The summed E-state index contributed by atoms with van der Waals surface area (Å²) in [6.45, 7) is 0.419. The summed E-state index contributed by atoms with van der Waals surface area (Å²) in [7, 11) is 3.96. The molecule has 10 heteroatoms. The van der Waals surface area contributed by atoms with Gasteiger partial charge in [-0.25, -0.2) is 4.79 Å². The lowest BCUT2D eigenvalue weighted by atomic mass is 10.2. The number of hydrogen-bond donors (Lipinski definition) is 2. The number of halogens is 3. The summed E-state index contributed by atoms with van der Waals surface area (Å²) in [5.74, 6) is -2.85. The third-order valence-corrected chi connectivity index (χ3v) is 4.73. The Morgan fingerprint density at radius 3 is 2.29 bits per heavy atom. The van der Waals surface area contributed by atoms with E-state index in [-0.39, 0.29) is 5.91 Å². The van der Waals surface area contributed by atoms with E-state index >= 15 is 0 Å². The lowest BCUT2D eigenvalue weighted by Crippen LogP contribution is -2.25. The maximum atomic E-state index is 12.6. The molecule has 162 valence electrons. The zero-order chi connectivity index (χ0) is 22.8. The number of carboxylic acids is 1. The number of pyridine rings is 1. The number of para-hydroxylation sites is 1. The number of nitrogens with zero attached hydrogens (tertiary/aromatic N) is 3. The van der Waals surface area contributed by atoms with Crippen LogP contribution in [0.4, 0.5) is 13.2 Å². The molecule has 0 fully saturated rings. The number of rotatable bonds is 3. The molecule has 0 radical (unpaired) electrons. The predicted molar refractivity (Wildman–Crippen MR) is 108 cm³/mol. The maximum absolute atomic E-state index is 12.6. The summed E-state index contributed by atoms with van der Waals surface area (Å²) in [5, 5.41) is 11.2. The number of alkyl halides is 3. The Morgan fingerprint density at radius 2 is 1.68 bits per heavy atom. The van der Waals surface area contributed by atoms with Gasteiger partial charge in [-0.05, 0) is 24.3 Å². The van der Waals surface area contributed by atoms with Gasteiger partial charge < -0.3 is 19.6 Å². The van der Waals surface area contributed by atoms with Gasteiger partial charge in [0.25, 0.3) is 5.91 Å². The molecular weight excluding hydrogens is 413 g/mol. The molecular formula is C21H19F3N4O3. The molecule has 3 heterocycles. The van der Waals surface area contributed by atoms with Gasteiger partial charge in [0.2, 0.25) is 0 Å². The molecule has 0 saturated carbocycles. The van der Waals surface area contributed by atoms with Crippen LogP contribution in [0.15, 0.2) is 54.7 Å². The van der Waals surface area contributed by atoms with E-state index in [1.807, 2.05) is 55.1 Å².